The molecule has 2 rings (SSSR count). The van der Waals surface area contributed by atoms with Gasteiger partial charge in [-0.15, -0.1) is 0 Å². The van der Waals surface area contributed by atoms with Crippen LogP contribution in [0.25, 0.3) is 11.0 Å². The van der Waals surface area contributed by atoms with Crippen molar-refractivity contribution in [3.63, 3.8) is 0 Å². The van der Waals surface area contributed by atoms with Crippen LogP contribution in [0.15, 0.2) is 22.6 Å². The number of halogens is 2. The van der Waals surface area contributed by atoms with Crippen molar-refractivity contribution in [1.82, 2.24) is 0 Å². The molecule has 1 heterocycles. The predicted octanol–water partition coefficient (Wildman–Crippen LogP) is 3.48. The quantitative estimate of drug-likeness (QED) is 0.671. The van der Waals surface area contributed by atoms with Crippen LogP contribution in [0.1, 0.15) is 5.76 Å². The van der Waals surface area contributed by atoms with E-state index < -0.39 is 0 Å². The molecule has 1 aromatic heterocycles. The molecule has 1 aromatic carbocycles. The zero-order valence-corrected chi connectivity index (χ0v) is 8.55. The van der Waals surface area contributed by atoms with Crippen molar-refractivity contribution in [3.8, 4) is 0 Å². The molecule has 0 saturated carbocycles. The topological polar surface area (TPSA) is 13.1 Å². The van der Waals surface area contributed by atoms with E-state index in [-0.39, 0.29) is 5.82 Å². The summed E-state index contributed by atoms with van der Waals surface area (Å²) in [6.45, 7) is 1.81. The molecule has 0 spiro atoms. The van der Waals surface area contributed by atoms with Crippen LogP contribution in [0.3, 0.4) is 0 Å². The highest BCUT2D eigenvalue weighted by Gasteiger charge is 2.06. The molecule has 0 aliphatic rings. The third kappa shape index (κ3) is 1.22. The number of hydrogen-bond acceptors (Lipinski definition) is 1. The van der Waals surface area contributed by atoms with E-state index in [1.165, 1.54) is 6.07 Å². The second-order valence-electron chi connectivity index (χ2n) is 2.66. The van der Waals surface area contributed by atoms with E-state index >= 15 is 0 Å². The maximum atomic E-state index is 13.2. The van der Waals surface area contributed by atoms with Crippen molar-refractivity contribution < 1.29 is 8.81 Å². The zero-order valence-electron chi connectivity index (χ0n) is 6.40. The Morgan fingerprint density at radius 1 is 1.33 bits per heavy atom. The second-order valence-corrected chi connectivity index (χ2v) is 3.91. The molecule has 0 N–H and O–H groups in total. The summed E-state index contributed by atoms with van der Waals surface area (Å²) < 4.78 is 19.2. The lowest BCUT2D eigenvalue weighted by atomic mass is 10.2. The summed E-state index contributed by atoms with van der Waals surface area (Å²) in [5.41, 5.74) is 0.355. The van der Waals surface area contributed by atoms with Gasteiger partial charge in [0, 0.05) is 8.96 Å². The summed E-state index contributed by atoms with van der Waals surface area (Å²) in [5, 5.41) is 0.830. The first-order valence-electron chi connectivity index (χ1n) is 3.52. The van der Waals surface area contributed by atoms with E-state index in [1.807, 2.05) is 19.1 Å². The minimum atomic E-state index is -0.287. The first-order valence-corrected chi connectivity index (χ1v) is 4.60. The van der Waals surface area contributed by atoms with E-state index in [4.69, 9.17) is 4.42 Å². The maximum absolute atomic E-state index is 13.2. The minimum absolute atomic E-state index is 0.287. The molecule has 3 heteroatoms. The fourth-order valence-electron chi connectivity index (χ4n) is 1.20. The summed E-state index contributed by atoms with van der Waals surface area (Å²) in [6.07, 6.45) is 0. The number of hydrogen-bond donors (Lipinski definition) is 0. The average molecular weight is 276 g/mol. The molecule has 0 radical (unpaired) electrons. The third-order valence-corrected chi connectivity index (χ3v) is 2.28. The van der Waals surface area contributed by atoms with Gasteiger partial charge in [0.25, 0.3) is 0 Å². The first-order chi connectivity index (χ1) is 5.66. The molecule has 2 aromatic rings. The van der Waals surface area contributed by atoms with E-state index in [0.29, 0.717) is 5.58 Å². The Balaban J connectivity index is 2.88. The summed E-state index contributed by atoms with van der Waals surface area (Å²) in [6, 6.07) is 5.20. The van der Waals surface area contributed by atoms with Gasteiger partial charge >= 0.3 is 0 Å². The molecule has 0 fully saturated rings. The van der Waals surface area contributed by atoms with Gasteiger partial charge in [0.05, 0.1) is 0 Å². The highest BCUT2D eigenvalue weighted by atomic mass is 127. The monoisotopic (exact) mass is 276 g/mol. The Bertz CT molecular complexity index is 433. The SMILES string of the molecule is Cc1cc2cc(I)cc(F)c2o1. The summed E-state index contributed by atoms with van der Waals surface area (Å²) in [5.74, 6) is 0.455. The molecule has 0 aliphatic heterocycles. The maximum Gasteiger partial charge on any atom is 0.169 e. The average Bonchev–Trinajstić information content (AvgIpc) is 2.29. The van der Waals surface area contributed by atoms with Gasteiger partial charge in [-0.25, -0.2) is 4.39 Å². The summed E-state index contributed by atoms with van der Waals surface area (Å²) >= 11 is 2.08. The smallest absolute Gasteiger partial charge is 0.169 e. The molecule has 0 unspecified atom stereocenters. The lowest BCUT2D eigenvalue weighted by molar-refractivity contribution is 0.538. The van der Waals surface area contributed by atoms with Gasteiger partial charge < -0.3 is 4.42 Å². The van der Waals surface area contributed by atoms with Crippen LogP contribution >= 0.6 is 22.6 Å². The molecule has 12 heavy (non-hydrogen) atoms. The molecule has 0 saturated heterocycles. The summed E-state index contributed by atoms with van der Waals surface area (Å²) in [4.78, 5) is 0. The molecule has 0 atom stereocenters. The van der Waals surface area contributed by atoms with Gasteiger partial charge in [-0.05, 0) is 47.7 Å². The molecular formula is C9H6FIO. The largest absolute Gasteiger partial charge is 0.458 e. The van der Waals surface area contributed by atoms with E-state index in [2.05, 4.69) is 22.6 Å². The first kappa shape index (κ1) is 8.04. The molecular weight excluding hydrogens is 270 g/mol. The van der Waals surface area contributed by atoms with Crippen LogP contribution in [-0.2, 0) is 0 Å². The molecule has 0 bridgehead atoms. The zero-order chi connectivity index (χ0) is 8.72. The summed E-state index contributed by atoms with van der Waals surface area (Å²) in [7, 11) is 0. The Morgan fingerprint density at radius 2 is 2.08 bits per heavy atom. The van der Waals surface area contributed by atoms with Gasteiger partial charge in [-0.2, -0.15) is 0 Å². The highest BCUT2D eigenvalue weighted by Crippen LogP contribution is 2.24. The molecule has 62 valence electrons. The standard InChI is InChI=1S/C9H6FIO/c1-5-2-6-3-7(11)4-8(10)9(6)12-5/h2-4H,1H3. The number of aryl methyl sites for hydroxylation is 1. The Hall–Kier alpha value is -0.580. The number of furan rings is 1. The fourth-order valence-corrected chi connectivity index (χ4v) is 1.81. The Kier molecular flexibility index (Phi) is 1.83. The molecule has 0 aliphatic carbocycles. The van der Waals surface area contributed by atoms with Gasteiger partial charge in [-0.3, -0.25) is 0 Å². The van der Waals surface area contributed by atoms with Crippen molar-refractivity contribution in [1.29, 1.82) is 0 Å². The van der Waals surface area contributed by atoms with Crippen molar-refractivity contribution >= 4 is 33.6 Å². The predicted molar refractivity (Wildman–Crippen MR) is 53.6 cm³/mol. The molecule has 0 amide bonds. The van der Waals surface area contributed by atoms with Gasteiger partial charge in [-0.1, -0.05) is 0 Å². The van der Waals surface area contributed by atoms with Gasteiger partial charge in [0.1, 0.15) is 5.76 Å². The van der Waals surface area contributed by atoms with Crippen LogP contribution in [-0.4, -0.2) is 0 Å². The van der Waals surface area contributed by atoms with Crippen LogP contribution in [0, 0.1) is 16.3 Å². The fraction of sp³-hybridized carbons (Fsp3) is 0.111. The van der Waals surface area contributed by atoms with Crippen molar-refractivity contribution in [3.05, 3.63) is 33.3 Å². The van der Waals surface area contributed by atoms with E-state index in [0.717, 1.165) is 14.7 Å². The van der Waals surface area contributed by atoms with E-state index in [9.17, 15) is 4.39 Å². The van der Waals surface area contributed by atoms with Crippen LogP contribution in [0.5, 0.6) is 0 Å². The highest BCUT2D eigenvalue weighted by molar-refractivity contribution is 14.1. The third-order valence-electron chi connectivity index (χ3n) is 1.66. The Morgan fingerprint density at radius 3 is 2.83 bits per heavy atom. The minimum Gasteiger partial charge on any atom is -0.458 e. The van der Waals surface area contributed by atoms with Gasteiger partial charge in [0.15, 0.2) is 11.4 Å². The van der Waals surface area contributed by atoms with E-state index in [1.54, 1.807) is 0 Å². The number of rotatable bonds is 0. The van der Waals surface area contributed by atoms with Crippen LogP contribution in [0.2, 0.25) is 0 Å². The number of benzene rings is 1. The number of fused-ring (bicyclic) bond motifs is 1. The lowest BCUT2D eigenvalue weighted by Crippen LogP contribution is -1.76. The molecule has 1 nitrogen and oxygen atoms in total. The van der Waals surface area contributed by atoms with Gasteiger partial charge in [0.2, 0.25) is 0 Å². The lowest BCUT2D eigenvalue weighted by Gasteiger charge is -1.91. The van der Waals surface area contributed by atoms with Crippen LogP contribution < -0.4 is 0 Å². The van der Waals surface area contributed by atoms with Crippen LogP contribution in [0.4, 0.5) is 4.39 Å². The Labute approximate surface area is 82.7 Å². The normalized spacial score (nSPS) is 10.9. The van der Waals surface area contributed by atoms with Crippen molar-refractivity contribution in [2.75, 3.05) is 0 Å². The van der Waals surface area contributed by atoms with Crippen molar-refractivity contribution in [2.24, 2.45) is 0 Å². The second kappa shape index (κ2) is 2.73. The van der Waals surface area contributed by atoms with Crippen molar-refractivity contribution in [2.45, 2.75) is 6.92 Å².